The third-order valence-corrected chi connectivity index (χ3v) is 8.21. The maximum atomic E-state index is 13.9. The standard InChI is InChI=1S/C25H31N7O4S/c1-17-23(12-28-36-17)37(34,35)32(15-24(33)29-25(2,3)4)20-9-19-8-18(10-26)6-7-22(19)31(13-20)14-21-11-27-16-30(21)5/h6-8,11-12,16,20H,9,13-15H2,1-5H3,(H,29,33). The van der Waals surface area contributed by atoms with E-state index in [0.29, 0.717) is 25.1 Å². The van der Waals surface area contributed by atoms with Crippen molar-refractivity contribution in [2.24, 2.45) is 7.05 Å². The number of anilines is 1. The van der Waals surface area contributed by atoms with Crippen molar-refractivity contribution in [2.45, 2.75) is 57.1 Å². The Morgan fingerprint density at radius 1 is 1.32 bits per heavy atom. The quantitative estimate of drug-likeness (QED) is 0.495. The van der Waals surface area contributed by atoms with Crippen LogP contribution in [-0.2, 0) is 34.8 Å². The Kier molecular flexibility index (Phi) is 7.12. The van der Waals surface area contributed by atoms with Gasteiger partial charge in [-0.3, -0.25) is 4.79 Å². The Bertz CT molecular complexity index is 1450. The van der Waals surface area contributed by atoms with Crippen LogP contribution in [-0.4, -0.2) is 58.0 Å². The first-order valence-corrected chi connectivity index (χ1v) is 13.3. The van der Waals surface area contributed by atoms with Gasteiger partial charge < -0.3 is 19.3 Å². The molecular weight excluding hydrogens is 494 g/mol. The van der Waals surface area contributed by atoms with Crippen LogP contribution in [0.4, 0.5) is 5.69 Å². The van der Waals surface area contributed by atoms with Crippen LogP contribution < -0.4 is 10.2 Å². The average molecular weight is 526 g/mol. The normalized spacial score (nSPS) is 15.9. The number of aromatic nitrogens is 3. The SMILES string of the molecule is Cc1oncc1S(=O)(=O)N(CC(=O)NC(C)(C)C)C1Cc2cc(C#N)ccc2N(Cc2cncn2C)C1. The first-order chi connectivity index (χ1) is 17.4. The molecule has 1 unspecified atom stereocenters. The van der Waals surface area contributed by atoms with E-state index in [2.05, 4.69) is 26.4 Å². The van der Waals surface area contributed by atoms with Gasteiger partial charge in [0, 0.05) is 37.1 Å². The van der Waals surface area contributed by atoms with E-state index in [0.717, 1.165) is 23.1 Å². The third-order valence-electron chi connectivity index (χ3n) is 6.22. The fraction of sp³-hybridized carbons (Fsp3) is 0.440. The molecule has 3 aromatic rings. The number of hydrogen-bond donors (Lipinski definition) is 1. The van der Waals surface area contributed by atoms with Gasteiger partial charge in [0.2, 0.25) is 15.9 Å². The lowest BCUT2D eigenvalue weighted by Crippen LogP contribution is -2.55. The summed E-state index contributed by atoms with van der Waals surface area (Å²) in [5, 5.41) is 16.0. The largest absolute Gasteiger partial charge is 0.364 e. The molecular formula is C25H31N7O4S. The van der Waals surface area contributed by atoms with E-state index < -0.39 is 27.5 Å². The van der Waals surface area contributed by atoms with Crippen molar-refractivity contribution in [3.05, 3.63) is 59.5 Å². The molecule has 1 aliphatic heterocycles. The van der Waals surface area contributed by atoms with Crippen LogP contribution in [0.25, 0.3) is 0 Å². The van der Waals surface area contributed by atoms with Crippen molar-refractivity contribution >= 4 is 21.6 Å². The molecule has 0 saturated carbocycles. The van der Waals surface area contributed by atoms with E-state index in [1.807, 2.05) is 38.5 Å². The summed E-state index contributed by atoms with van der Waals surface area (Å²) in [6.45, 7) is 7.47. The molecule has 1 aromatic carbocycles. The molecule has 0 saturated heterocycles. The maximum absolute atomic E-state index is 13.9. The van der Waals surface area contributed by atoms with Gasteiger partial charge in [0.15, 0.2) is 5.76 Å². The number of benzene rings is 1. The van der Waals surface area contributed by atoms with E-state index in [1.165, 1.54) is 11.2 Å². The Labute approximate surface area is 216 Å². The van der Waals surface area contributed by atoms with E-state index in [9.17, 15) is 18.5 Å². The number of nitriles is 1. The van der Waals surface area contributed by atoms with E-state index in [4.69, 9.17) is 4.52 Å². The summed E-state index contributed by atoms with van der Waals surface area (Å²) in [4.78, 5) is 19.2. The number of hydrogen-bond acceptors (Lipinski definition) is 8. The minimum Gasteiger partial charge on any atom is -0.364 e. The van der Waals surface area contributed by atoms with Crippen LogP contribution in [0, 0.1) is 18.3 Å². The summed E-state index contributed by atoms with van der Waals surface area (Å²) in [6.07, 6.45) is 4.97. The Morgan fingerprint density at radius 2 is 2.08 bits per heavy atom. The molecule has 11 nitrogen and oxygen atoms in total. The number of carbonyl (C=O) groups is 1. The van der Waals surface area contributed by atoms with Gasteiger partial charge in [-0.05, 0) is 57.9 Å². The Balaban J connectivity index is 1.77. The lowest BCUT2D eigenvalue weighted by Gasteiger charge is -2.40. The van der Waals surface area contributed by atoms with Crippen molar-refractivity contribution in [2.75, 3.05) is 18.0 Å². The van der Waals surface area contributed by atoms with Gasteiger partial charge in [0.25, 0.3) is 0 Å². The highest BCUT2D eigenvalue weighted by atomic mass is 32.2. The molecule has 1 amide bonds. The van der Waals surface area contributed by atoms with Crippen LogP contribution in [0.5, 0.6) is 0 Å². The predicted molar refractivity (Wildman–Crippen MR) is 136 cm³/mol. The molecule has 0 aliphatic carbocycles. The first kappa shape index (κ1) is 26.4. The van der Waals surface area contributed by atoms with E-state index in [-0.39, 0.29) is 17.2 Å². The molecule has 0 fully saturated rings. The molecule has 0 bridgehead atoms. The lowest BCUT2D eigenvalue weighted by atomic mass is 9.95. The second-order valence-corrected chi connectivity index (χ2v) is 12.1. The maximum Gasteiger partial charge on any atom is 0.249 e. The molecule has 37 heavy (non-hydrogen) atoms. The first-order valence-electron chi connectivity index (χ1n) is 11.9. The van der Waals surface area contributed by atoms with Crippen molar-refractivity contribution < 1.29 is 17.7 Å². The van der Waals surface area contributed by atoms with Gasteiger partial charge in [-0.25, -0.2) is 13.4 Å². The summed E-state index contributed by atoms with van der Waals surface area (Å²) in [6, 6.07) is 6.98. The number of aryl methyl sites for hydroxylation is 2. The molecule has 2 aromatic heterocycles. The Hall–Kier alpha value is -3.69. The fourth-order valence-corrected chi connectivity index (χ4v) is 6.20. The lowest BCUT2D eigenvalue weighted by molar-refractivity contribution is -0.123. The van der Waals surface area contributed by atoms with Gasteiger partial charge in [-0.15, -0.1) is 0 Å². The zero-order chi connectivity index (χ0) is 27.0. The molecule has 1 N–H and O–H groups in total. The van der Waals surface area contributed by atoms with Gasteiger partial charge in [-0.2, -0.15) is 9.57 Å². The van der Waals surface area contributed by atoms with Crippen LogP contribution >= 0.6 is 0 Å². The van der Waals surface area contributed by atoms with Crippen LogP contribution in [0.1, 0.15) is 43.4 Å². The van der Waals surface area contributed by atoms with E-state index >= 15 is 0 Å². The van der Waals surface area contributed by atoms with Gasteiger partial charge in [0.1, 0.15) is 4.90 Å². The molecule has 12 heteroatoms. The summed E-state index contributed by atoms with van der Waals surface area (Å²) in [5.41, 5.74) is 2.62. The number of carbonyl (C=O) groups excluding carboxylic acids is 1. The highest BCUT2D eigenvalue weighted by Crippen LogP contribution is 2.33. The third kappa shape index (κ3) is 5.68. The molecule has 3 heterocycles. The zero-order valence-corrected chi connectivity index (χ0v) is 22.4. The topological polar surface area (TPSA) is 137 Å². The Morgan fingerprint density at radius 3 is 2.68 bits per heavy atom. The summed E-state index contributed by atoms with van der Waals surface area (Å²) in [5.74, 6) is -0.268. The highest BCUT2D eigenvalue weighted by molar-refractivity contribution is 7.89. The number of sulfonamides is 1. The monoisotopic (exact) mass is 525 g/mol. The number of fused-ring (bicyclic) bond motifs is 1. The number of rotatable bonds is 7. The van der Waals surface area contributed by atoms with Gasteiger partial charge in [0.05, 0.1) is 42.9 Å². The van der Waals surface area contributed by atoms with Crippen LogP contribution in [0.2, 0.25) is 0 Å². The van der Waals surface area contributed by atoms with Crippen molar-refractivity contribution in [1.29, 1.82) is 5.26 Å². The predicted octanol–water partition coefficient (Wildman–Crippen LogP) is 2.13. The number of nitrogens with zero attached hydrogens (tertiary/aromatic N) is 6. The molecule has 1 aliphatic rings. The minimum atomic E-state index is -4.14. The smallest absolute Gasteiger partial charge is 0.249 e. The minimum absolute atomic E-state index is 0.0779. The van der Waals surface area contributed by atoms with Crippen LogP contribution in [0.15, 0.2) is 46.3 Å². The van der Waals surface area contributed by atoms with Crippen molar-refractivity contribution in [1.82, 2.24) is 24.3 Å². The number of imidazole rings is 1. The second kappa shape index (κ2) is 9.99. The zero-order valence-electron chi connectivity index (χ0n) is 21.6. The molecule has 1 atom stereocenters. The average Bonchev–Trinajstić information content (AvgIpc) is 3.43. The second-order valence-electron chi connectivity index (χ2n) is 10.3. The molecule has 4 rings (SSSR count). The number of nitrogens with one attached hydrogen (secondary N) is 1. The number of amides is 1. The van der Waals surface area contributed by atoms with Crippen molar-refractivity contribution in [3.8, 4) is 6.07 Å². The summed E-state index contributed by atoms with van der Waals surface area (Å²) in [7, 11) is -2.25. The molecule has 0 radical (unpaired) electrons. The molecule has 196 valence electrons. The van der Waals surface area contributed by atoms with Crippen LogP contribution in [0.3, 0.4) is 0 Å². The summed E-state index contributed by atoms with van der Waals surface area (Å²) >= 11 is 0. The molecule has 0 spiro atoms. The fourth-order valence-electron chi connectivity index (χ4n) is 4.55. The van der Waals surface area contributed by atoms with E-state index in [1.54, 1.807) is 24.7 Å². The van der Waals surface area contributed by atoms with Gasteiger partial charge in [-0.1, -0.05) is 5.16 Å². The highest BCUT2D eigenvalue weighted by Gasteiger charge is 2.39. The van der Waals surface area contributed by atoms with Gasteiger partial charge >= 0.3 is 0 Å². The van der Waals surface area contributed by atoms with Crippen molar-refractivity contribution in [3.63, 3.8) is 0 Å². The summed E-state index contributed by atoms with van der Waals surface area (Å²) < 4.78 is 36.0.